The van der Waals surface area contributed by atoms with E-state index in [4.69, 9.17) is 4.98 Å². The summed E-state index contributed by atoms with van der Waals surface area (Å²) in [5.41, 5.74) is 4.62. The van der Waals surface area contributed by atoms with Crippen LogP contribution in [0.5, 0.6) is 0 Å². The first-order valence-electron chi connectivity index (χ1n) is 10.5. The average molecular weight is 431 g/mol. The van der Waals surface area contributed by atoms with Crippen LogP contribution >= 0.6 is 11.3 Å². The first-order valence-corrected chi connectivity index (χ1v) is 11.3. The lowest BCUT2D eigenvalue weighted by molar-refractivity contribution is 0.0650. The third-order valence-corrected chi connectivity index (χ3v) is 7.38. The van der Waals surface area contributed by atoms with E-state index in [1.165, 1.54) is 6.42 Å². The van der Waals surface area contributed by atoms with Crippen molar-refractivity contribution in [2.24, 2.45) is 20.0 Å². The molecule has 1 fully saturated rings. The molecule has 1 aliphatic rings. The molecule has 5 aromatic rings. The number of pyridine rings is 2. The summed E-state index contributed by atoms with van der Waals surface area (Å²) >= 11 is 1.59. The Balaban J connectivity index is 1.57. The Labute approximate surface area is 183 Å². The summed E-state index contributed by atoms with van der Waals surface area (Å²) < 4.78 is 3.61. The molecule has 0 saturated heterocycles. The fourth-order valence-electron chi connectivity index (χ4n) is 4.34. The van der Waals surface area contributed by atoms with Crippen LogP contribution in [0.3, 0.4) is 0 Å². The second-order valence-electron chi connectivity index (χ2n) is 8.34. The quantitative estimate of drug-likeness (QED) is 0.455. The van der Waals surface area contributed by atoms with E-state index in [1.807, 2.05) is 37.2 Å². The van der Waals surface area contributed by atoms with Crippen molar-refractivity contribution in [2.45, 2.75) is 25.4 Å². The standard InChI is InChI=1S/C23H22N6OS/c1-28-12-15-8-14(11-24-22(15)27-28)16-9-18(19-6-7-25-29(19)2)26-23-17(16)10-20(31-23)21(30)13-4-3-5-13/h6-13,21,30H,3-5H2,1-2H3. The Bertz CT molecular complexity index is 1430. The van der Waals surface area contributed by atoms with Gasteiger partial charge in [0.1, 0.15) is 4.83 Å². The number of aromatic nitrogens is 6. The van der Waals surface area contributed by atoms with E-state index < -0.39 is 6.10 Å². The van der Waals surface area contributed by atoms with E-state index in [0.29, 0.717) is 5.92 Å². The van der Waals surface area contributed by atoms with E-state index in [2.05, 4.69) is 33.4 Å². The van der Waals surface area contributed by atoms with E-state index in [-0.39, 0.29) is 0 Å². The highest BCUT2D eigenvalue weighted by Crippen LogP contribution is 2.43. The van der Waals surface area contributed by atoms with Gasteiger partial charge in [0.25, 0.3) is 0 Å². The van der Waals surface area contributed by atoms with Crippen molar-refractivity contribution in [3.05, 3.63) is 47.7 Å². The lowest BCUT2D eigenvalue weighted by Crippen LogP contribution is -2.19. The fraction of sp³-hybridized carbons (Fsp3) is 0.304. The molecule has 1 unspecified atom stereocenters. The van der Waals surface area contributed by atoms with Gasteiger partial charge in [0.05, 0.1) is 17.5 Å². The van der Waals surface area contributed by atoms with Crippen molar-refractivity contribution in [1.29, 1.82) is 0 Å². The molecule has 156 valence electrons. The molecule has 0 radical (unpaired) electrons. The molecule has 0 aromatic carbocycles. The molecule has 0 amide bonds. The van der Waals surface area contributed by atoms with E-state index >= 15 is 0 Å². The van der Waals surface area contributed by atoms with Crippen LogP contribution < -0.4 is 0 Å². The van der Waals surface area contributed by atoms with Crippen LogP contribution in [0.2, 0.25) is 0 Å². The van der Waals surface area contributed by atoms with Gasteiger partial charge in [0.2, 0.25) is 0 Å². The highest BCUT2D eigenvalue weighted by atomic mass is 32.1. The molecule has 0 bridgehead atoms. The fourth-order valence-corrected chi connectivity index (χ4v) is 5.48. The van der Waals surface area contributed by atoms with Gasteiger partial charge in [-0.05, 0) is 48.6 Å². The molecule has 8 heteroatoms. The molecule has 0 aliphatic heterocycles. The van der Waals surface area contributed by atoms with Gasteiger partial charge in [-0.3, -0.25) is 9.36 Å². The number of hydrogen-bond acceptors (Lipinski definition) is 6. The number of nitrogens with zero attached hydrogens (tertiary/aromatic N) is 6. The van der Waals surface area contributed by atoms with Gasteiger partial charge in [-0.15, -0.1) is 11.3 Å². The summed E-state index contributed by atoms with van der Waals surface area (Å²) in [4.78, 5) is 11.4. The Morgan fingerprint density at radius 3 is 2.81 bits per heavy atom. The first-order chi connectivity index (χ1) is 15.1. The van der Waals surface area contributed by atoms with Crippen LogP contribution in [0.1, 0.15) is 30.2 Å². The third-order valence-electron chi connectivity index (χ3n) is 6.28. The average Bonchev–Trinajstić information content (AvgIpc) is 3.41. The van der Waals surface area contributed by atoms with E-state index in [9.17, 15) is 5.11 Å². The van der Waals surface area contributed by atoms with Crippen LogP contribution in [0.15, 0.2) is 42.9 Å². The van der Waals surface area contributed by atoms with Gasteiger partial charge in [-0.2, -0.15) is 10.2 Å². The van der Waals surface area contributed by atoms with Crippen LogP contribution in [0.4, 0.5) is 0 Å². The van der Waals surface area contributed by atoms with Crippen LogP contribution in [0.25, 0.3) is 43.8 Å². The van der Waals surface area contributed by atoms with Gasteiger partial charge in [-0.1, -0.05) is 6.42 Å². The van der Waals surface area contributed by atoms with E-state index in [1.54, 1.807) is 22.2 Å². The van der Waals surface area contributed by atoms with Crippen molar-refractivity contribution in [1.82, 2.24) is 29.5 Å². The number of aliphatic hydroxyl groups is 1. The maximum atomic E-state index is 10.9. The largest absolute Gasteiger partial charge is 0.387 e. The van der Waals surface area contributed by atoms with Crippen molar-refractivity contribution >= 4 is 32.6 Å². The van der Waals surface area contributed by atoms with Crippen LogP contribution in [0, 0.1) is 5.92 Å². The lowest BCUT2D eigenvalue weighted by Gasteiger charge is -2.29. The minimum absolute atomic E-state index is 0.362. The Kier molecular flexibility index (Phi) is 4.19. The molecule has 1 saturated carbocycles. The number of aliphatic hydroxyl groups excluding tert-OH is 1. The molecule has 1 atom stereocenters. The van der Waals surface area contributed by atoms with Gasteiger partial charge in [-0.25, -0.2) is 9.97 Å². The molecular weight excluding hydrogens is 408 g/mol. The zero-order chi connectivity index (χ0) is 21.1. The summed E-state index contributed by atoms with van der Waals surface area (Å²) in [6.07, 6.45) is 8.61. The summed E-state index contributed by atoms with van der Waals surface area (Å²) in [5.74, 6) is 0.362. The molecule has 1 aliphatic carbocycles. The van der Waals surface area contributed by atoms with Gasteiger partial charge in [0, 0.05) is 53.9 Å². The number of thiophene rings is 1. The molecule has 6 rings (SSSR count). The zero-order valence-electron chi connectivity index (χ0n) is 17.4. The van der Waals surface area contributed by atoms with Crippen molar-refractivity contribution in [3.8, 4) is 22.5 Å². The Morgan fingerprint density at radius 1 is 1.19 bits per heavy atom. The normalized spacial score (nSPS) is 15.6. The number of fused-ring (bicyclic) bond motifs is 2. The van der Waals surface area contributed by atoms with Gasteiger partial charge >= 0.3 is 0 Å². The van der Waals surface area contributed by atoms with Crippen molar-refractivity contribution in [3.63, 3.8) is 0 Å². The second-order valence-corrected chi connectivity index (χ2v) is 9.40. The summed E-state index contributed by atoms with van der Waals surface area (Å²) in [6.45, 7) is 0. The lowest BCUT2D eigenvalue weighted by atomic mass is 9.80. The molecule has 5 heterocycles. The van der Waals surface area contributed by atoms with Crippen molar-refractivity contribution in [2.75, 3.05) is 0 Å². The smallest absolute Gasteiger partial charge is 0.181 e. The highest BCUT2D eigenvalue weighted by Gasteiger charge is 2.28. The van der Waals surface area contributed by atoms with Gasteiger partial charge in [0.15, 0.2) is 5.65 Å². The predicted molar refractivity (Wildman–Crippen MR) is 122 cm³/mol. The monoisotopic (exact) mass is 430 g/mol. The zero-order valence-corrected chi connectivity index (χ0v) is 18.2. The predicted octanol–water partition coefficient (Wildman–Crippen LogP) is 4.48. The Morgan fingerprint density at radius 2 is 2.06 bits per heavy atom. The van der Waals surface area contributed by atoms with Crippen LogP contribution in [-0.4, -0.2) is 34.6 Å². The summed E-state index contributed by atoms with van der Waals surface area (Å²) in [7, 11) is 3.82. The highest BCUT2D eigenvalue weighted by molar-refractivity contribution is 7.18. The maximum Gasteiger partial charge on any atom is 0.181 e. The molecule has 1 N–H and O–H groups in total. The molecule has 5 aromatic heterocycles. The number of aryl methyl sites for hydroxylation is 2. The first kappa shape index (κ1) is 18.7. The number of rotatable bonds is 4. The molecular formula is C23H22N6OS. The topological polar surface area (TPSA) is 81.7 Å². The second kappa shape index (κ2) is 6.96. The Hall–Kier alpha value is -3.10. The van der Waals surface area contributed by atoms with Crippen LogP contribution in [-0.2, 0) is 14.1 Å². The molecule has 7 nitrogen and oxygen atoms in total. The SMILES string of the molecule is Cn1cc2cc(-c3cc(-c4ccnn4C)nc4sc(C(O)C5CCC5)cc34)cnc2n1. The van der Waals surface area contributed by atoms with Gasteiger partial charge < -0.3 is 5.11 Å². The third kappa shape index (κ3) is 3.05. The minimum Gasteiger partial charge on any atom is -0.387 e. The van der Waals surface area contributed by atoms with Crippen molar-refractivity contribution < 1.29 is 5.11 Å². The maximum absolute atomic E-state index is 10.9. The molecule has 31 heavy (non-hydrogen) atoms. The number of hydrogen-bond donors (Lipinski definition) is 1. The summed E-state index contributed by atoms with van der Waals surface area (Å²) in [6, 6.07) is 8.31. The molecule has 0 spiro atoms. The van der Waals surface area contributed by atoms with E-state index in [0.717, 1.165) is 61.5 Å². The summed E-state index contributed by atoms with van der Waals surface area (Å²) in [5, 5.41) is 21.6. The minimum atomic E-state index is -0.417.